The summed E-state index contributed by atoms with van der Waals surface area (Å²) >= 11 is 0. The molecule has 1 aliphatic heterocycles. The predicted molar refractivity (Wildman–Crippen MR) is 63.7 cm³/mol. The van der Waals surface area contributed by atoms with Gasteiger partial charge >= 0.3 is 0 Å². The Morgan fingerprint density at radius 2 is 2.24 bits per heavy atom. The monoisotopic (exact) mass is 251 g/mol. The third-order valence-corrected chi connectivity index (χ3v) is 4.93. The molecule has 0 bridgehead atoms. The molecule has 1 unspecified atom stereocenters. The lowest BCUT2D eigenvalue weighted by Gasteiger charge is -1.99. The Labute approximate surface area is 99.4 Å². The highest BCUT2D eigenvalue weighted by molar-refractivity contribution is 7.91. The van der Waals surface area contributed by atoms with Gasteiger partial charge in [0.2, 0.25) is 0 Å². The first-order valence-corrected chi connectivity index (χ1v) is 7.40. The van der Waals surface area contributed by atoms with Crippen LogP contribution in [0.25, 0.3) is 5.65 Å². The first kappa shape index (κ1) is 10.7. The number of sulfone groups is 1. The second-order valence-electron chi connectivity index (χ2n) is 4.51. The van der Waals surface area contributed by atoms with Gasteiger partial charge in [0.15, 0.2) is 21.3 Å². The van der Waals surface area contributed by atoms with E-state index in [0.717, 1.165) is 11.3 Å². The molecule has 1 fully saturated rings. The molecule has 6 heteroatoms. The van der Waals surface area contributed by atoms with Gasteiger partial charge in [0.1, 0.15) is 0 Å². The lowest BCUT2D eigenvalue weighted by atomic mass is 10.1. The molecule has 1 aliphatic rings. The summed E-state index contributed by atoms with van der Waals surface area (Å²) in [6.07, 6.45) is 0.637. The van der Waals surface area contributed by atoms with E-state index in [4.69, 9.17) is 0 Å². The topological polar surface area (TPSA) is 64.3 Å². The van der Waals surface area contributed by atoms with Crippen LogP contribution in [-0.2, 0) is 9.84 Å². The minimum Gasteiger partial charge on any atom is -0.229 e. The van der Waals surface area contributed by atoms with E-state index >= 15 is 0 Å². The molecule has 1 atom stereocenters. The number of hydrogen-bond donors (Lipinski definition) is 0. The van der Waals surface area contributed by atoms with Crippen molar-refractivity contribution in [1.29, 1.82) is 0 Å². The largest absolute Gasteiger partial charge is 0.229 e. The van der Waals surface area contributed by atoms with Crippen LogP contribution in [-0.4, -0.2) is 34.5 Å². The van der Waals surface area contributed by atoms with Crippen molar-refractivity contribution in [3.8, 4) is 0 Å². The van der Waals surface area contributed by atoms with Gasteiger partial charge in [-0.3, -0.25) is 0 Å². The van der Waals surface area contributed by atoms with E-state index in [9.17, 15) is 8.42 Å². The Morgan fingerprint density at radius 3 is 2.88 bits per heavy atom. The van der Waals surface area contributed by atoms with Gasteiger partial charge in [-0.25, -0.2) is 17.9 Å². The molecule has 17 heavy (non-hydrogen) atoms. The number of nitrogens with zero attached hydrogens (tertiary/aromatic N) is 3. The van der Waals surface area contributed by atoms with Crippen molar-refractivity contribution >= 4 is 15.5 Å². The average Bonchev–Trinajstić information content (AvgIpc) is 2.82. The van der Waals surface area contributed by atoms with Gasteiger partial charge in [0.25, 0.3) is 0 Å². The average molecular weight is 251 g/mol. The van der Waals surface area contributed by atoms with Crippen molar-refractivity contribution in [2.75, 3.05) is 11.5 Å². The van der Waals surface area contributed by atoms with Crippen molar-refractivity contribution in [2.45, 2.75) is 19.3 Å². The standard InChI is InChI=1S/C11H13N3O2S/c1-8-3-2-4-10-12-11(13-14(8)10)9-5-6-17(15,16)7-9/h2-4,9H,5-7H2,1H3. The normalized spacial score (nSPS) is 23.2. The fourth-order valence-electron chi connectivity index (χ4n) is 2.22. The summed E-state index contributed by atoms with van der Waals surface area (Å²) in [4.78, 5) is 4.41. The minimum absolute atomic E-state index is 0.0423. The molecule has 0 spiro atoms. The Balaban J connectivity index is 2.05. The van der Waals surface area contributed by atoms with Crippen LogP contribution >= 0.6 is 0 Å². The molecule has 90 valence electrons. The number of rotatable bonds is 1. The van der Waals surface area contributed by atoms with E-state index in [-0.39, 0.29) is 17.4 Å². The molecule has 3 heterocycles. The highest BCUT2D eigenvalue weighted by Crippen LogP contribution is 2.26. The first-order valence-electron chi connectivity index (χ1n) is 5.58. The zero-order valence-electron chi connectivity index (χ0n) is 9.50. The van der Waals surface area contributed by atoms with E-state index < -0.39 is 9.84 Å². The summed E-state index contributed by atoms with van der Waals surface area (Å²) < 4.78 is 24.6. The maximum Gasteiger partial charge on any atom is 0.155 e. The van der Waals surface area contributed by atoms with Crippen molar-refractivity contribution in [1.82, 2.24) is 14.6 Å². The molecule has 2 aromatic heterocycles. The van der Waals surface area contributed by atoms with Crippen LogP contribution in [0.5, 0.6) is 0 Å². The Morgan fingerprint density at radius 1 is 1.41 bits per heavy atom. The molecular formula is C11H13N3O2S. The van der Waals surface area contributed by atoms with E-state index in [2.05, 4.69) is 10.1 Å². The Bertz CT molecular complexity index is 675. The highest BCUT2D eigenvalue weighted by atomic mass is 32.2. The van der Waals surface area contributed by atoms with E-state index in [0.29, 0.717) is 12.2 Å². The van der Waals surface area contributed by atoms with Gasteiger partial charge in [-0.2, -0.15) is 5.10 Å². The summed E-state index contributed by atoms with van der Waals surface area (Å²) in [7, 11) is -2.88. The quantitative estimate of drug-likeness (QED) is 0.756. The third kappa shape index (κ3) is 1.82. The summed E-state index contributed by atoms with van der Waals surface area (Å²) in [6, 6.07) is 5.76. The zero-order valence-corrected chi connectivity index (χ0v) is 10.3. The van der Waals surface area contributed by atoms with Crippen molar-refractivity contribution in [2.24, 2.45) is 0 Å². The maximum absolute atomic E-state index is 11.4. The molecule has 3 rings (SSSR count). The zero-order chi connectivity index (χ0) is 12.0. The molecule has 1 saturated heterocycles. The first-order chi connectivity index (χ1) is 8.05. The van der Waals surface area contributed by atoms with Crippen molar-refractivity contribution in [3.63, 3.8) is 0 Å². The van der Waals surface area contributed by atoms with Crippen LogP contribution in [0.4, 0.5) is 0 Å². The lowest BCUT2D eigenvalue weighted by Crippen LogP contribution is -2.05. The molecule has 0 N–H and O–H groups in total. The number of pyridine rings is 1. The molecule has 0 aromatic carbocycles. The van der Waals surface area contributed by atoms with Gasteiger partial charge in [-0.1, -0.05) is 6.07 Å². The molecule has 0 saturated carbocycles. The summed E-state index contributed by atoms with van der Waals surface area (Å²) in [5.41, 5.74) is 1.78. The summed E-state index contributed by atoms with van der Waals surface area (Å²) in [6.45, 7) is 1.96. The van der Waals surface area contributed by atoms with Gasteiger partial charge in [0, 0.05) is 11.6 Å². The van der Waals surface area contributed by atoms with Crippen LogP contribution < -0.4 is 0 Å². The van der Waals surface area contributed by atoms with Crippen LogP contribution in [0.2, 0.25) is 0 Å². The molecule has 0 amide bonds. The fraction of sp³-hybridized carbons (Fsp3) is 0.455. The predicted octanol–water partition coefficient (Wildman–Crippen LogP) is 0.940. The maximum atomic E-state index is 11.4. The number of fused-ring (bicyclic) bond motifs is 1. The smallest absolute Gasteiger partial charge is 0.155 e. The summed E-state index contributed by atoms with van der Waals surface area (Å²) in [5.74, 6) is 1.05. The fourth-order valence-corrected chi connectivity index (χ4v) is 3.96. The van der Waals surface area contributed by atoms with Gasteiger partial charge in [-0.15, -0.1) is 0 Å². The lowest BCUT2D eigenvalue weighted by molar-refractivity contribution is 0.601. The van der Waals surface area contributed by atoms with E-state index in [1.165, 1.54) is 0 Å². The second kappa shape index (κ2) is 3.53. The SMILES string of the molecule is Cc1cccc2nc(C3CCS(=O)(=O)C3)nn12. The number of aryl methyl sites for hydroxylation is 1. The van der Waals surface area contributed by atoms with E-state index in [1.807, 2.05) is 25.1 Å². The second-order valence-corrected chi connectivity index (χ2v) is 6.74. The number of aromatic nitrogens is 3. The molecule has 0 radical (unpaired) electrons. The Hall–Kier alpha value is -1.43. The molecular weight excluding hydrogens is 238 g/mol. The van der Waals surface area contributed by atoms with Crippen LogP contribution in [0, 0.1) is 6.92 Å². The van der Waals surface area contributed by atoms with Gasteiger partial charge in [-0.05, 0) is 25.5 Å². The summed E-state index contributed by atoms with van der Waals surface area (Å²) in [5, 5.41) is 4.40. The van der Waals surface area contributed by atoms with Gasteiger partial charge < -0.3 is 0 Å². The molecule has 0 aliphatic carbocycles. The third-order valence-electron chi connectivity index (χ3n) is 3.16. The van der Waals surface area contributed by atoms with E-state index in [1.54, 1.807) is 4.52 Å². The number of hydrogen-bond acceptors (Lipinski definition) is 4. The van der Waals surface area contributed by atoms with Crippen LogP contribution in [0.1, 0.15) is 23.9 Å². The van der Waals surface area contributed by atoms with Crippen molar-refractivity contribution in [3.05, 3.63) is 29.7 Å². The van der Waals surface area contributed by atoms with Gasteiger partial charge in [0.05, 0.1) is 11.5 Å². The molecule has 2 aromatic rings. The Kier molecular flexibility index (Phi) is 2.22. The van der Waals surface area contributed by atoms with Crippen LogP contribution in [0.15, 0.2) is 18.2 Å². The van der Waals surface area contributed by atoms with Crippen molar-refractivity contribution < 1.29 is 8.42 Å². The molecule has 5 nitrogen and oxygen atoms in total. The van der Waals surface area contributed by atoms with Crippen LogP contribution in [0.3, 0.4) is 0 Å². The highest BCUT2D eigenvalue weighted by Gasteiger charge is 2.31. The minimum atomic E-state index is -2.88.